The van der Waals surface area contributed by atoms with Gasteiger partial charge in [0.2, 0.25) is 0 Å². The maximum atomic E-state index is 10.8. The van der Waals surface area contributed by atoms with Gasteiger partial charge in [-0.3, -0.25) is 14.9 Å². The Bertz CT molecular complexity index is 484. The number of benzene rings is 1. The van der Waals surface area contributed by atoms with Crippen LogP contribution in [0.1, 0.15) is 23.7 Å². The summed E-state index contributed by atoms with van der Waals surface area (Å²) < 4.78 is 5.12. The van der Waals surface area contributed by atoms with Crippen LogP contribution in [0.5, 0.6) is 5.75 Å². The third-order valence-electron chi connectivity index (χ3n) is 2.25. The number of nitrogens with zero attached hydrogens (tertiary/aromatic N) is 1. The molecule has 1 rings (SSSR count). The van der Waals surface area contributed by atoms with Crippen molar-refractivity contribution in [3.05, 3.63) is 33.9 Å². The first-order valence-electron chi connectivity index (χ1n) is 5.12. The molecular weight excluding hydrogens is 242 g/mol. The molecule has 0 bridgehead atoms. The molecule has 7 heteroatoms. The largest absolute Gasteiger partial charge is 0.479 e. The van der Waals surface area contributed by atoms with Crippen molar-refractivity contribution in [1.29, 1.82) is 0 Å². The van der Waals surface area contributed by atoms with Crippen molar-refractivity contribution in [1.82, 2.24) is 0 Å². The van der Waals surface area contributed by atoms with Gasteiger partial charge in [-0.1, -0.05) is 6.92 Å². The topological polar surface area (TPSA) is 107 Å². The van der Waals surface area contributed by atoms with Gasteiger partial charge < -0.3 is 9.84 Å². The van der Waals surface area contributed by atoms with E-state index in [0.717, 1.165) is 12.1 Å². The van der Waals surface area contributed by atoms with Gasteiger partial charge in [0.05, 0.1) is 10.5 Å². The molecule has 1 aromatic rings. The quantitative estimate of drug-likeness (QED) is 0.469. The number of aliphatic carboxylic acids is 1. The maximum Gasteiger partial charge on any atom is 0.344 e. The van der Waals surface area contributed by atoms with Crippen molar-refractivity contribution in [2.75, 3.05) is 0 Å². The molecule has 0 spiro atoms. The highest BCUT2D eigenvalue weighted by Crippen LogP contribution is 2.23. The zero-order valence-electron chi connectivity index (χ0n) is 9.53. The van der Waals surface area contributed by atoms with Crippen LogP contribution >= 0.6 is 0 Å². The van der Waals surface area contributed by atoms with Gasteiger partial charge in [0.15, 0.2) is 12.4 Å². The summed E-state index contributed by atoms with van der Waals surface area (Å²) in [6, 6.07) is 3.51. The minimum absolute atomic E-state index is 0.108. The molecule has 0 aliphatic carbocycles. The van der Waals surface area contributed by atoms with Crippen LogP contribution in [-0.4, -0.2) is 28.4 Å². The summed E-state index contributed by atoms with van der Waals surface area (Å²) in [6.07, 6.45) is -0.485. The highest BCUT2D eigenvalue weighted by molar-refractivity contribution is 5.82. The molecule has 1 atom stereocenters. The molecule has 1 N–H and O–H groups in total. The predicted octanol–water partition coefficient (Wildman–Crippen LogP) is 1.65. The fourth-order valence-electron chi connectivity index (χ4n) is 1.34. The van der Waals surface area contributed by atoms with Crippen LogP contribution in [-0.2, 0) is 4.79 Å². The highest BCUT2D eigenvalue weighted by Gasteiger charge is 2.19. The van der Waals surface area contributed by atoms with Crippen LogP contribution in [0, 0.1) is 10.1 Å². The van der Waals surface area contributed by atoms with E-state index in [9.17, 15) is 19.7 Å². The first-order valence-corrected chi connectivity index (χ1v) is 5.12. The Hall–Kier alpha value is -2.44. The van der Waals surface area contributed by atoms with Crippen LogP contribution in [0.15, 0.2) is 18.2 Å². The molecular formula is C11H11NO6. The summed E-state index contributed by atoms with van der Waals surface area (Å²) in [5.74, 6) is -1.03. The molecule has 0 saturated carbocycles. The lowest BCUT2D eigenvalue weighted by molar-refractivity contribution is -0.385. The Labute approximate surface area is 102 Å². The molecule has 7 nitrogen and oxygen atoms in total. The van der Waals surface area contributed by atoms with E-state index in [4.69, 9.17) is 9.84 Å². The molecule has 96 valence electrons. The van der Waals surface area contributed by atoms with Crippen LogP contribution < -0.4 is 4.74 Å². The van der Waals surface area contributed by atoms with Crippen LogP contribution in [0.2, 0.25) is 0 Å². The Morgan fingerprint density at radius 1 is 1.61 bits per heavy atom. The Balaban J connectivity index is 3.02. The molecule has 18 heavy (non-hydrogen) atoms. The number of hydrogen-bond donors (Lipinski definition) is 1. The lowest BCUT2D eigenvalue weighted by atomic mass is 10.2. The number of carbonyl (C=O) groups excluding carboxylic acids is 1. The molecule has 1 unspecified atom stereocenters. The van der Waals surface area contributed by atoms with E-state index in [1.54, 1.807) is 6.92 Å². The van der Waals surface area contributed by atoms with Crippen LogP contribution in [0.3, 0.4) is 0 Å². The summed E-state index contributed by atoms with van der Waals surface area (Å²) in [5, 5.41) is 19.4. The van der Waals surface area contributed by atoms with Gasteiger partial charge in [0, 0.05) is 6.07 Å². The molecule has 0 heterocycles. The fraction of sp³-hybridized carbons (Fsp3) is 0.273. The van der Waals surface area contributed by atoms with E-state index in [1.807, 2.05) is 0 Å². The zero-order valence-corrected chi connectivity index (χ0v) is 9.53. The van der Waals surface area contributed by atoms with Gasteiger partial charge in [-0.15, -0.1) is 0 Å². The molecule has 0 aromatic heterocycles. The molecule has 0 fully saturated rings. The number of carbonyl (C=O) groups is 2. The predicted molar refractivity (Wildman–Crippen MR) is 60.8 cm³/mol. The van der Waals surface area contributed by atoms with E-state index >= 15 is 0 Å². The lowest BCUT2D eigenvalue weighted by Gasteiger charge is -2.13. The van der Waals surface area contributed by atoms with Crippen molar-refractivity contribution in [2.45, 2.75) is 19.4 Å². The minimum atomic E-state index is -1.14. The van der Waals surface area contributed by atoms with E-state index < -0.39 is 17.0 Å². The summed E-state index contributed by atoms with van der Waals surface area (Å²) in [7, 11) is 0. The normalized spacial score (nSPS) is 11.6. The Kier molecular flexibility index (Phi) is 4.36. The van der Waals surface area contributed by atoms with Crippen LogP contribution in [0.25, 0.3) is 0 Å². The van der Waals surface area contributed by atoms with Gasteiger partial charge in [-0.05, 0) is 18.6 Å². The van der Waals surface area contributed by atoms with Crippen molar-refractivity contribution in [3.8, 4) is 5.75 Å². The van der Waals surface area contributed by atoms with E-state index in [-0.39, 0.29) is 23.4 Å². The van der Waals surface area contributed by atoms with Crippen molar-refractivity contribution in [3.63, 3.8) is 0 Å². The zero-order chi connectivity index (χ0) is 13.7. The first kappa shape index (κ1) is 13.6. The second-order valence-corrected chi connectivity index (χ2v) is 3.45. The summed E-state index contributed by atoms with van der Waals surface area (Å²) in [4.78, 5) is 31.4. The lowest BCUT2D eigenvalue weighted by Crippen LogP contribution is -2.25. The molecule has 0 saturated heterocycles. The number of hydrogen-bond acceptors (Lipinski definition) is 5. The molecule has 0 aliphatic rings. The standard InChI is InChI=1S/C11H11NO6/c1-2-10(11(14)15)18-8-3-4-9(12(16)17)7(5-8)6-13/h3-6,10H,2H2,1H3,(H,14,15). The van der Waals surface area contributed by atoms with E-state index in [1.165, 1.54) is 6.07 Å². The third kappa shape index (κ3) is 3.03. The van der Waals surface area contributed by atoms with Crippen LogP contribution in [0.4, 0.5) is 5.69 Å². The monoisotopic (exact) mass is 253 g/mol. The Morgan fingerprint density at radius 3 is 2.72 bits per heavy atom. The van der Waals surface area contributed by atoms with Gasteiger partial charge in [-0.2, -0.15) is 0 Å². The highest BCUT2D eigenvalue weighted by atomic mass is 16.6. The summed E-state index contributed by atoms with van der Waals surface area (Å²) >= 11 is 0. The summed E-state index contributed by atoms with van der Waals surface area (Å²) in [6.45, 7) is 1.63. The van der Waals surface area contributed by atoms with Gasteiger partial charge >= 0.3 is 5.97 Å². The first-order chi connectivity index (χ1) is 8.49. The smallest absolute Gasteiger partial charge is 0.344 e. The molecule has 1 aromatic carbocycles. The molecule has 0 amide bonds. The number of ether oxygens (including phenoxy) is 1. The fourth-order valence-corrected chi connectivity index (χ4v) is 1.34. The molecule has 0 aliphatic heterocycles. The number of aldehydes is 1. The minimum Gasteiger partial charge on any atom is -0.479 e. The number of carboxylic acid groups (broad SMARTS) is 1. The average molecular weight is 253 g/mol. The Morgan fingerprint density at radius 2 is 2.28 bits per heavy atom. The van der Waals surface area contributed by atoms with Crippen molar-refractivity contribution < 1.29 is 24.4 Å². The number of nitro benzene ring substituents is 1. The third-order valence-corrected chi connectivity index (χ3v) is 2.25. The van der Waals surface area contributed by atoms with Crippen molar-refractivity contribution >= 4 is 17.9 Å². The second kappa shape index (κ2) is 5.76. The van der Waals surface area contributed by atoms with Crippen molar-refractivity contribution in [2.24, 2.45) is 0 Å². The average Bonchev–Trinajstić information content (AvgIpc) is 2.34. The SMILES string of the molecule is CCC(Oc1ccc([N+](=O)[O-])c(C=O)c1)C(=O)O. The second-order valence-electron chi connectivity index (χ2n) is 3.45. The summed E-state index contributed by atoms with van der Waals surface area (Å²) in [5.41, 5.74) is -0.501. The number of carboxylic acids is 1. The maximum absolute atomic E-state index is 10.8. The molecule has 0 radical (unpaired) electrons. The van der Waals surface area contributed by atoms with Gasteiger partial charge in [0.25, 0.3) is 5.69 Å². The van der Waals surface area contributed by atoms with E-state index in [0.29, 0.717) is 6.29 Å². The number of rotatable bonds is 6. The van der Waals surface area contributed by atoms with E-state index in [2.05, 4.69) is 0 Å². The van der Waals surface area contributed by atoms with Gasteiger partial charge in [0.1, 0.15) is 5.75 Å². The number of nitro groups is 1. The van der Waals surface area contributed by atoms with Gasteiger partial charge in [-0.25, -0.2) is 4.79 Å².